The van der Waals surface area contributed by atoms with Crippen LogP contribution in [0.4, 0.5) is 0 Å². The fraction of sp³-hybridized carbons (Fsp3) is 0.857. The van der Waals surface area contributed by atoms with Crippen LogP contribution in [0.2, 0.25) is 0 Å². The van der Waals surface area contributed by atoms with Gasteiger partial charge in [-0.25, -0.2) is 0 Å². The van der Waals surface area contributed by atoms with Crippen LogP contribution in [0.15, 0.2) is 0 Å². The standard InChI is InChI=1S/C14H26N4O2/c1-15-13(19)11-17-6-8-18(9-7-17)14(20)3-2-12-4-5-16-10-12/h12,16H,2-11H2,1H3,(H,15,19). The SMILES string of the molecule is CNC(=O)CN1CCN(C(=O)CCC2CCNC2)CC1. The van der Waals surface area contributed by atoms with E-state index in [9.17, 15) is 9.59 Å². The molecule has 6 heteroatoms. The number of nitrogens with zero attached hydrogens (tertiary/aromatic N) is 2. The van der Waals surface area contributed by atoms with Crippen LogP contribution < -0.4 is 10.6 Å². The monoisotopic (exact) mass is 282 g/mol. The maximum atomic E-state index is 12.1. The van der Waals surface area contributed by atoms with Gasteiger partial charge in [-0.3, -0.25) is 14.5 Å². The van der Waals surface area contributed by atoms with E-state index in [1.807, 2.05) is 4.90 Å². The van der Waals surface area contributed by atoms with E-state index >= 15 is 0 Å². The molecule has 2 amide bonds. The largest absolute Gasteiger partial charge is 0.358 e. The second kappa shape index (κ2) is 7.59. The molecule has 2 heterocycles. The normalized spacial score (nSPS) is 23.9. The second-order valence-electron chi connectivity index (χ2n) is 5.73. The minimum atomic E-state index is 0.0403. The number of hydrogen-bond acceptors (Lipinski definition) is 4. The zero-order chi connectivity index (χ0) is 14.4. The number of carbonyl (C=O) groups is 2. The molecule has 2 aliphatic rings. The lowest BCUT2D eigenvalue weighted by molar-refractivity contribution is -0.133. The Morgan fingerprint density at radius 3 is 2.60 bits per heavy atom. The Morgan fingerprint density at radius 1 is 1.25 bits per heavy atom. The van der Waals surface area contributed by atoms with E-state index in [-0.39, 0.29) is 11.8 Å². The Kier molecular flexibility index (Phi) is 5.79. The first-order valence-corrected chi connectivity index (χ1v) is 7.60. The van der Waals surface area contributed by atoms with Crippen LogP contribution in [0.25, 0.3) is 0 Å². The lowest BCUT2D eigenvalue weighted by atomic mass is 10.0. The number of hydrogen-bond donors (Lipinski definition) is 2. The summed E-state index contributed by atoms with van der Waals surface area (Å²) in [4.78, 5) is 27.5. The van der Waals surface area contributed by atoms with Gasteiger partial charge in [0.2, 0.25) is 11.8 Å². The number of likely N-dealkylation sites (N-methyl/N-ethyl adjacent to an activating group) is 1. The smallest absolute Gasteiger partial charge is 0.233 e. The third kappa shape index (κ3) is 4.45. The van der Waals surface area contributed by atoms with Crippen molar-refractivity contribution in [1.29, 1.82) is 0 Å². The molecule has 2 saturated heterocycles. The summed E-state index contributed by atoms with van der Waals surface area (Å²) >= 11 is 0. The van der Waals surface area contributed by atoms with Crippen molar-refractivity contribution < 1.29 is 9.59 Å². The van der Waals surface area contributed by atoms with Gasteiger partial charge in [-0.15, -0.1) is 0 Å². The van der Waals surface area contributed by atoms with Gasteiger partial charge in [-0.05, 0) is 31.8 Å². The molecule has 6 nitrogen and oxygen atoms in total. The predicted molar refractivity (Wildman–Crippen MR) is 77.3 cm³/mol. The van der Waals surface area contributed by atoms with Crippen LogP contribution >= 0.6 is 0 Å². The summed E-state index contributed by atoms with van der Waals surface area (Å²) in [6.07, 6.45) is 2.87. The number of piperazine rings is 1. The molecule has 20 heavy (non-hydrogen) atoms. The fourth-order valence-electron chi connectivity index (χ4n) is 2.88. The van der Waals surface area contributed by atoms with Gasteiger partial charge < -0.3 is 15.5 Å². The maximum absolute atomic E-state index is 12.1. The van der Waals surface area contributed by atoms with Crippen molar-refractivity contribution in [2.24, 2.45) is 5.92 Å². The molecule has 2 rings (SSSR count). The molecule has 1 unspecified atom stereocenters. The average molecular weight is 282 g/mol. The molecule has 2 aliphatic heterocycles. The first kappa shape index (κ1) is 15.3. The molecular formula is C14H26N4O2. The second-order valence-corrected chi connectivity index (χ2v) is 5.73. The van der Waals surface area contributed by atoms with Gasteiger partial charge >= 0.3 is 0 Å². The number of rotatable bonds is 5. The summed E-state index contributed by atoms with van der Waals surface area (Å²) < 4.78 is 0. The molecule has 0 aromatic carbocycles. The third-order valence-corrected chi connectivity index (χ3v) is 4.30. The maximum Gasteiger partial charge on any atom is 0.233 e. The lowest BCUT2D eigenvalue weighted by Gasteiger charge is -2.34. The lowest BCUT2D eigenvalue weighted by Crippen LogP contribution is -2.50. The van der Waals surface area contributed by atoms with Crippen molar-refractivity contribution in [3.63, 3.8) is 0 Å². The van der Waals surface area contributed by atoms with E-state index in [1.54, 1.807) is 7.05 Å². The average Bonchev–Trinajstić information content (AvgIpc) is 2.98. The Bertz CT molecular complexity index is 334. The highest BCUT2D eigenvalue weighted by Crippen LogP contribution is 2.15. The van der Waals surface area contributed by atoms with Crippen LogP contribution in [-0.4, -0.2) is 74.5 Å². The van der Waals surface area contributed by atoms with E-state index in [1.165, 1.54) is 6.42 Å². The van der Waals surface area contributed by atoms with Gasteiger partial charge in [0.15, 0.2) is 0 Å². The van der Waals surface area contributed by atoms with Crippen molar-refractivity contribution in [2.75, 3.05) is 52.9 Å². The Labute approximate surface area is 120 Å². The highest BCUT2D eigenvalue weighted by Gasteiger charge is 2.23. The zero-order valence-electron chi connectivity index (χ0n) is 12.4. The van der Waals surface area contributed by atoms with Crippen LogP contribution in [-0.2, 0) is 9.59 Å². The van der Waals surface area contributed by atoms with Gasteiger partial charge in [0.05, 0.1) is 6.54 Å². The number of nitrogens with one attached hydrogen (secondary N) is 2. The van der Waals surface area contributed by atoms with E-state index in [2.05, 4.69) is 15.5 Å². The summed E-state index contributed by atoms with van der Waals surface area (Å²) in [5.41, 5.74) is 0. The molecule has 0 spiro atoms. The molecule has 2 N–H and O–H groups in total. The van der Waals surface area contributed by atoms with E-state index in [0.717, 1.165) is 45.7 Å². The van der Waals surface area contributed by atoms with Crippen LogP contribution in [0.5, 0.6) is 0 Å². The van der Waals surface area contributed by atoms with Gasteiger partial charge in [-0.1, -0.05) is 0 Å². The van der Waals surface area contributed by atoms with Crippen molar-refractivity contribution in [3.05, 3.63) is 0 Å². The Morgan fingerprint density at radius 2 is 2.00 bits per heavy atom. The predicted octanol–water partition coefficient (Wildman–Crippen LogP) is -0.734. The zero-order valence-corrected chi connectivity index (χ0v) is 12.4. The molecular weight excluding hydrogens is 256 g/mol. The molecule has 0 aromatic heterocycles. The Hall–Kier alpha value is -1.14. The van der Waals surface area contributed by atoms with Crippen molar-refractivity contribution >= 4 is 11.8 Å². The van der Waals surface area contributed by atoms with E-state index in [0.29, 0.717) is 18.9 Å². The topological polar surface area (TPSA) is 64.7 Å². The molecule has 114 valence electrons. The Balaban J connectivity index is 1.64. The van der Waals surface area contributed by atoms with E-state index in [4.69, 9.17) is 0 Å². The third-order valence-electron chi connectivity index (χ3n) is 4.30. The van der Waals surface area contributed by atoms with Crippen molar-refractivity contribution in [1.82, 2.24) is 20.4 Å². The van der Waals surface area contributed by atoms with Crippen molar-refractivity contribution in [3.8, 4) is 0 Å². The van der Waals surface area contributed by atoms with Crippen molar-refractivity contribution in [2.45, 2.75) is 19.3 Å². The molecule has 0 aromatic rings. The minimum Gasteiger partial charge on any atom is -0.358 e. The molecule has 2 fully saturated rings. The van der Waals surface area contributed by atoms with Gasteiger partial charge in [-0.2, -0.15) is 0 Å². The molecule has 1 atom stereocenters. The summed E-state index contributed by atoms with van der Waals surface area (Å²) in [6, 6.07) is 0. The molecule has 0 aliphatic carbocycles. The van der Waals surface area contributed by atoms with E-state index < -0.39 is 0 Å². The summed E-state index contributed by atoms with van der Waals surface area (Å²) in [6.45, 7) is 5.68. The van der Waals surface area contributed by atoms with Crippen LogP contribution in [0.3, 0.4) is 0 Å². The molecule has 0 radical (unpaired) electrons. The van der Waals surface area contributed by atoms with Crippen LogP contribution in [0, 0.1) is 5.92 Å². The summed E-state index contributed by atoms with van der Waals surface area (Å²) in [5.74, 6) is 0.989. The highest BCUT2D eigenvalue weighted by atomic mass is 16.2. The first-order chi connectivity index (χ1) is 9.69. The quantitative estimate of drug-likeness (QED) is 0.697. The number of amides is 2. The minimum absolute atomic E-state index is 0.0403. The van der Waals surface area contributed by atoms with Crippen LogP contribution in [0.1, 0.15) is 19.3 Å². The summed E-state index contributed by atoms with van der Waals surface area (Å²) in [7, 11) is 1.65. The molecule has 0 bridgehead atoms. The van der Waals surface area contributed by atoms with Gasteiger partial charge in [0.25, 0.3) is 0 Å². The van der Waals surface area contributed by atoms with Gasteiger partial charge in [0.1, 0.15) is 0 Å². The number of carbonyl (C=O) groups excluding carboxylic acids is 2. The van der Waals surface area contributed by atoms with Gasteiger partial charge in [0, 0.05) is 39.6 Å². The fourth-order valence-corrected chi connectivity index (χ4v) is 2.88. The summed E-state index contributed by atoms with van der Waals surface area (Å²) in [5, 5.41) is 5.97. The molecule has 0 saturated carbocycles. The first-order valence-electron chi connectivity index (χ1n) is 7.60. The highest BCUT2D eigenvalue weighted by molar-refractivity contribution is 5.78.